The number of hydrogen-bond donors (Lipinski definition) is 2. The van der Waals surface area contributed by atoms with E-state index in [0.717, 1.165) is 11.4 Å². The molecule has 0 bridgehead atoms. The molecule has 0 fully saturated rings. The van der Waals surface area contributed by atoms with Crippen molar-refractivity contribution in [1.82, 2.24) is 9.78 Å². The molecule has 0 atom stereocenters. The second-order valence-corrected chi connectivity index (χ2v) is 7.20. The van der Waals surface area contributed by atoms with Crippen molar-refractivity contribution in [3.8, 4) is 5.75 Å². The van der Waals surface area contributed by atoms with Crippen molar-refractivity contribution >= 4 is 56.4 Å². The fraction of sp³-hybridized carbons (Fsp3) is 0.111. The molecule has 1 aromatic heterocycles. The number of nitrogens with one attached hydrogen (secondary N) is 2. The average Bonchev–Trinajstić information content (AvgIpc) is 2.97. The van der Waals surface area contributed by atoms with Crippen LogP contribution in [0.1, 0.15) is 5.56 Å². The van der Waals surface area contributed by atoms with Gasteiger partial charge in [-0.05, 0) is 52.4 Å². The fourth-order valence-corrected chi connectivity index (χ4v) is 3.23. The van der Waals surface area contributed by atoms with Crippen LogP contribution in [0, 0.1) is 5.82 Å². The van der Waals surface area contributed by atoms with Crippen LogP contribution in [0.15, 0.2) is 53.1 Å². The lowest BCUT2D eigenvalue weighted by Crippen LogP contribution is -2.19. The van der Waals surface area contributed by atoms with Gasteiger partial charge in [-0.1, -0.05) is 23.7 Å². The molecule has 0 amide bonds. The van der Waals surface area contributed by atoms with Crippen molar-refractivity contribution < 1.29 is 9.13 Å². The molecule has 2 N–H and O–H groups in total. The smallest absolute Gasteiger partial charge is 0.176 e. The van der Waals surface area contributed by atoms with Crippen molar-refractivity contribution in [2.24, 2.45) is 0 Å². The van der Waals surface area contributed by atoms with E-state index >= 15 is 0 Å². The van der Waals surface area contributed by atoms with Crippen LogP contribution in [0.4, 0.5) is 15.9 Å². The minimum Gasteiger partial charge on any atom is -0.497 e. The zero-order valence-electron chi connectivity index (χ0n) is 14.2. The summed E-state index contributed by atoms with van der Waals surface area (Å²) in [5.74, 6) is 0.844. The summed E-state index contributed by atoms with van der Waals surface area (Å²) in [6, 6.07) is 12.0. The van der Waals surface area contributed by atoms with E-state index in [1.54, 1.807) is 30.1 Å². The third-order valence-corrected chi connectivity index (χ3v) is 4.80. The van der Waals surface area contributed by atoms with Gasteiger partial charge < -0.3 is 15.4 Å². The third-order valence-electron chi connectivity index (χ3n) is 3.66. The maximum absolute atomic E-state index is 14.0. The van der Waals surface area contributed by atoms with E-state index in [1.165, 1.54) is 6.07 Å². The van der Waals surface area contributed by atoms with Crippen LogP contribution in [-0.2, 0) is 6.54 Å². The quantitative estimate of drug-likeness (QED) is 0.496. The molecule has 3 rings (SSSR count). The number of rotatable bonds is 5. The Morgan fingerprint density at radius 3 is 2.81 bits per heavy atom. The molecule has 3 aromatic rings. The summed E-state index contributed by atoms with van der Waals surface area (Å²) in [6.07, 6.45) is 1.72. The first-order valence-electron chi connectivity index (χ1n) is 7.84. The topological polar surface area (TPSA) is 51.1 Å². The number of nitrogens with zero attached hydrogens (tertiary/aromatic N) is 2. The molecule has 0 radical (unpaired) electrons. The van der Waals surface area contributed by atoms with Gasteiger partial charge in [0.1, 0.15) is 11.6 Å². The van der Waals surface area contributed by atoms with Crippen molar-refractivity contribution in [1.29, 1.82) is 0 Å². The maximum atomic E-state index is 14.0. The predicted molar refractivity (Wildman–Crippen MR) is 113 cm³/mol. The van der Waals surface area contributed by atoms with Gasteiger partial charge in [-0.2, -0.15) is 5.10 Å². The van der Waals surface area contributed by atoms with Gasteiger partial charge >= 0.3 is 0 Å². The van der Waals surface area contributed by atoms with Crippen LogP contribution in [0.2, 0.25) is 5.02 Å². The predicted octanol–water partition coefficient (Wildman–Crippen LogP) is 5.30. The monoisotopic (exact) mass is 468 g/mol. The highest BCUT2D eigenvalue weighted by molar-refractivity contribution is 9.10. The van der Waals surface area contributed by atoms with E-state index in [0.29, 0.717) is 26.0 Å². The van der Waals surface area contributed by atoms with E-state index in [2.05, 4.69) is 31.7 Å². The van der Waals surface area contributed by atoms with Gasteiger partial charge in [-0.15, -0.1) is 0 Å². The molecule has 9 heteroatoms. The van der Waals surface area contributed by atoms with Crippen LogP contribution in [0.3, 0.4) is 0 Å². The van der Waals surface area contributed by atoms with E-state index in [9.17, 15) is 4.39 Å². The lowest BCUT2D eigenvalue weighted by Gasteiger charge is -2.10. The molecule has 0 aliphatic heterocycles. The van der Waals surface area contributed by atoms with Gasteiger partial charge in [0.15, 0.2) is 10.9 Å². The Bertz CT molecular complexity index is 961. The lowest BCUT2D eigenvalue weighted by atomic mass is 10.2. The highest BCUT2D eigenvalue weighted by Gasteiger charge is 2.12. The molecule has 0 aliphatic carbocycles. The second kappa shape index (κ2) is 8.69. The van der Waals surface area contributed by atoms with E-state index in [1.807, 2.05) is 24.3 Å². The van der Waals surface area contributed by atoms with Gasteiger partial charge in [0.2, 0.25) is 0 Å². The standard InChI is InChI=1S/C18H15BrClFN4OS/c1-26-12-5-2-4-11(8-12)22-18(27)23-17-14(19)10-25(24-17)9-13-15(20)6-3-7-16(13)21/h2-8,10H,9H2,1H3,(H2,22,23,24,27). The van der Waals surface area contributed by atoms with Crippen LogP contribution in [0.5, 0.6) is 5.75 Å². The minimum atomic E-state index is -0.376. The number of aromatic nitrogens is 2. The molecular weight excluding hydrogens is 455 g/mol. The molecule has 5 nitrogen and oxygen atoms in total. The Kier molecular flexibility index (Phi) is 6.30. The van der Waals surface area contributed by atoms with Crippen molar-refractivity contribution in [3.05, 3.63) is 69.5 Å². The van der Waals surface area contributed by atoms with Gasteiger partial charge in [0.25, 0.3) is 0 Å². The zero-order valence-corrected chi connectivity index (χ0v) is 17.3. The molecule has 0 saturated carbocycles. The van der Waals surface area contributed by atoms with Crippen molar-refractivity contribution in [3.63, 3.8) is 0 Å². The molecule has 0 unspecified atom stereocenters. The number of methoxy groups -OCH3 is 1. The average molecular weight is 470 g/mol. The van der Waals surface area contributed by atoms with Crippen LogP contribution < -0.4 is 15.4 Å². The van der Waals surface area contributed by atoms with Gasteiger partial charge in [-0.3, -0.25) is 4.68 Å². The van der Waals surface area contributed by atoms with E-state index < -0.39 is 0 Å². The van der Waals surface area contributed by atoms with Crippen LogP contribution in [0.25, 0.3) is 0 Å². The molecule has 0 saturated heterocycles. The Balaban J connectivity index is 1.70. The number of halogens is 3. The Morgan fingerprint density at radius 2 is 2.07 bits per heavy atom. The van der Waals surface area contributed by atoms with Crippen molar-refractivity contribution in [2.45, 2.75) is 6.54 Å². The maximum Gasteiger partial charge on any atom is 0.176 e. The Hall–Kier alpha value is -2.16. The summed E-state index contributed by atoms with van der Waals surface area (Å²) in [6.45, 7) is 0.196. The van der Waals surface area contributed by atoms with Crippen LogP contribution >= 0.6 is 39.7 Å². The zero-order chi connectivity index (χ0) is 19.4. The number of ether oxygens (including phenoxy) is 1. The number of anilines is 2. The van der Waals surface area contributed by atoms with Gasteiger partial charge in [0, 0.05) is 28.5 Å². The SMILES string of the molecule is COc1cccc(NC(=S)Nc2nn(Cc3c(F)cccc3Cl)cc2Br)c1. The first kappa shape index (κ1) is 19.6. The Morgan fingerprint density at radius 1 is 1.30 bits per heavy atom. The minimum absolute atomic E-state index is 0.196. The number of benzene rings is 2. The summed E-state index contributed by atoms with van der Waals surface area (Å²) in [5, 5.41) is 11.2. The normalized spacial score (nSPS) is 10.5. The summed E-state index contributed by atoms with van der Waals surface area (Å²) in [4.78, 5) is 0. The first-order valence-corrected chi connectivity index (χ1v) is 9.42. The second-order valence-electron chi connectivity index (χ2n) is 5.53. The van der Waals surface area contributed by atoms with Crippen LogP contribution in [-0.4, -0.2) is 22.0 Å². The Labute approximate surface area is 174 Å². The molecule has 2 aromatic carbocycles. The summed E-state index contributed by atoms with van der Waals surface area (Å²) >= 11 is 14.8. The summed E-state index contributed by atoms with van der Waals surface area (Å²) in [7, 11) is 1.60. The molecule has 0 aliphatic rings. The van der Waals surface area contributed by atoms with Crippen molar-refractivity contribution in [2.75, 3.05) is 17.7 Å². The van der Waals surface area contributed by atoms with E-state index in [4.69, 9.17) is 28.6 Å². The molecule has 1 heterocycles. The third kappa shape index (κ3) is 4.97. The summed E-state index contributed by atoms with van der Waals surface area (Å²) < 4.78 is 21.4. The number of thiocarbonyl (C=S) groups is 1. The highest BCUT2D eigenvalue weighted by Crippen LogP contribution is 2.24. The largest absolute Gasteiger partial charge is 0.497 e. The van der Waals surface area contributed by atoms with Gasteiger partial charge in [0.05, 0.1) is 18.1 Å². The molecule has 140 valence electrons. The van der Waals surface area contributed by atoms with Gasteiger partial charge in [-0.25, -0.2) is 4.39 Å². The van der Waals surface area contributed by atoms with E-state index in [-0.39, 0.29) is 12.4 Å². The fourth-order valence-electron chi connectivity index (χ4n) is 2.38. The molecule has 0 spiro atoms. The molecule has 27 heavy (non-hydrogen) atoms. The first-order chi connectivity index (χ1) is 13.0. The lowest BCUT2D eigenvalue weighted by molar-refractivity contribution is 0.415. The molecular formula is C18H15BrClFN4OS. The summed E-state index contributed by atoms with van der Waals surface area (Å²) in [5.41, 5.74) is 1.15. The highest BCUT2D eigenvalue weighted by atomic mass is 79.9. The number of hydrogen-bond acceptors (Lipinski definition) is 3.